The molecule has 7 heteroatoms. The van der Waals surface area contributed by atoms with Gasteiger partial charge in [0.2, 0.25) is 0 Å². The summed E-state index contributed by atoms with van der Waals surface area (Å²) in [6, 6.07) is 0. The van der Waals surface area contributed by atoms with E-state index >= 15 is 0 Å². The van der Waals surface area contributed by atoms with E-state index in [0.717, 1.165) is 32.1 Å². The van der Waals surface area contributed by atoms with E-state index in [1.54, 1.807) is 0 Å². The Balaban J connectivity index is 3.86. The van der Waals surface area contributed by atoms with Crippen molar-refractivity contribution in [3.63, 3.8) is 0 Å². The number of unbranched alkanes of at least 4 members (excludes halogenated alkanes) is 13. The Bertz CT molecular complexity index is 506. The van der Waals surface area contributed by atoms with Gasteiger partial charge in [0.05, 0.1) is 6.54 Å². The highest BCUT2D eigenvalue weighted by atomic mass is 16.4. The molecule has 0 unspecified atom stereocenters. The lowest BCUT2D eigenvalue weighted by Crippen LogP contribution is -2.57. The lowest BCUT2D eigenvalue weighted by molar-refractivity contribution is -0.907. The van der Waals surface area contributed by atoms with Crippen LogP contribution in [-0.2, 0) is 14.4 Å². The summed E-state index contributed by atoms with van der Waals surface area (Å²) in [5.74, 6) is -3.52. The van der Waals surface area contributed by atoms with E-state index in [1.807, 2.05) is 0 Å². The highest BCUT2D eigenvalue weighted by Gasteiger charge is 2.35. The lowest BCUT2D eigenvalue weighted by atomic mass is 10.1. The Labute approximate surface area is 194 Å². The molecule has 0 atom stereocenters. The predicted molar refractivity (Wildman–Crippen MR) is 127 cm³/mol. The van der Waals surface area contributed by atoms with E-state index in [-0.39, 0.29) is 6.54 Å². The lowest BCUT2D eigenvalue weighted by Gasteiger charge is -2.34. The first-order chi connectivity index (χ1) is 15.3. The molecule has 0 radical (unpaired) electrons. The van der Waals surface area contributed by atoms with Crippen molar-refractivity contribution in [1.82, 2.24) is 0 Å². The largest absolute Gasteiger partial charge is 0.477 e. The highest BCUT2D eigenvalue weighted by molar-refractivity contribution is 5.73. The van der Waals surface area contributed by atoms with Gasteiger partial charge in [-0.25, -0.2) is 14.4 Å². The summed E-state index contributed by atoms with van der Waals surface area (Å²) in [5, 5.41) is 27.3. The molecular formula is C25H46NO6+. The Morgan fingerprint density at radius 2 is 0.906 bits per heavy atom. The average molecular weight is 457 g/mol. The van der Waals surface area contributed by atoms with E-state index in [1.165, 1.54) is 57.8 Å². The fourth-order valence-electron chi connectivity index (χ4n) is 4.14. The average Bonchev–Trinajstić information content (AvgIpc) is 2.68. The number of quaternary nitrogens is 1. The van der Waals surface area contributed by atoms with Crippen molar-refractivity contribution in [1.29, 1.82) is 0 Å². The first kappa shape index (κ1) is 30.1. The van der Waals surface area contributed by atoms with E-state index in [0.29, 0.717) is 6.42 Å². The minimum Gasteiger partial charge on any atom is -0.477 e. The molecule has 0 aliphatic carbocycles. The molecule has 0 bridgehead atoms. The fourth-order valence-corrected chi connectivity index (χ4v) is 4.14. The molecule has 0 spiro atoms. The SMILES string of the molecule is CCCCCCCC/C=C/CCCCCCCCC[N+](CC(=O)O)(CC(=O)O)CC(=O)O. The normalized spacial score (nSPS) is 11.8. The molecule has 0 heterocycles. The summed E-state index contributed by atoms with van der Waals surface area (Å²) in [7, 11) is 0. The second-order valence-corrected chi connectivity index (χ2v) is 9.01. The van der Waals surface area contributed by atoms with Crippen molar-refractivity contribution in [2.75, 3.05) is 26.2 Å². The maximum atomic E-state index is 11.2. The van der Waals surface area contributed by atoms with Crippen LogP contribution in [0.2, 0.25) is 0 Å². The maximum Gasteiger partial charge on any atom is 0.359 e. The van der Waals surface area contributed by atoms with E-state index < -0.39 is 42.0 Å². The minimum atomic E-state index is -1.17. The Hall–Kier alpha value is -1.89. The summed E-state index contributed by atoms with van der Waals surface area (Å²) in [6.07, 6.45) is 22.1. The van der Waals surface area contributed by atoms with Crippen LogP contribution in [0, 0.1) is 0 Å². The number of carboxylic acid groups (broad SMARTS) is 3. The molecule has 186 valence electrons. The predicted octanol–water partition coefficient (Wildman–Crippen LogP) is 5.48. The monoisotopic (exact) mass is 456 g/mol. The molecule has 3 N–H and O–H groups in total. The maximum absolute atomic E-state index is 11.2. The Morgan fingerprint density at radius 1 is 0.562 bits per heavy atom. The third kappa shape index (κ3) is 18.8. The smallest absolute Gasteiger partial charge is 0.359 e. The van der Waals surface area contributed by atoms with Gasteiger partial charge >= 0.3 is 17.9 Å². The fraction of sp³-hybridized carbons (Fsp3) is 0.800. The number of nitrogens with zero attached hydrogens (tertiary/aromatic N) is 1. The van der Waals surface area contributed by atoms with Gasteiger partial charge in [-0.3, -0.25) is 4.48 Å². The molecule has 0 amide bonds. The summed E-state index contributed by atoms with van der Waals surface area (Å²) in [5.41, 5.74) is 0. The van der Waals surface area contributed by atoms with Gasteiger partial charge in [-0.2, -0.15) is 0 Å². The zero-order valence-corrected chi connectivity index (χ0v) is 20.1. The molecule has 7 nitrogen and oxygen atoms in total. The summed E-state index contributed by atoms with van der Waals surface area (Å²) in [6.45, 7) is 1.06. The second kappa shape index (κ2) is 19.8. The summed E-state index contributed by atoms with van der Waals surface area (Å²) >= 11 is 0. The number of aliphatic carboxylic acids is 3. The van der Waals surface area contributed by atoms with Crippen LogP contribution < -0.4 is 0 Å². The van der Waals surface area contributed by atoms with Crippen LogP contribution in [-0.4, -0.2) is 63.9 Å². The van der Waals surface area contributed by atoms with Gasteiger partial charge in [0.1, 0.15) is 0 Å². The number of hydrogen-bond donors (Lipinski definition) is 3. The van der Waals surface area contributed by atoms with Crippen LogP contribution in [0.15, 0.2) is 12.2 Å². The minimum absolute atomic E-state index is 0.258. The standard InChI is InChI=1S/C25H45NO6/c1-2-3-4-5-6-7-8-9-10-11-12-13-14-15-16-17-18-19-26(20-23(27)28,21-24(29)30)22-25(31)32/h9-10H,2-8,11-22H2,1H3,(H2-,27,28,29,30,31,32)/p+1/b10-9+. The van der Waals surface area contributed by atoms with Gasteiger partial charge < -0.3 is 15.3 Å². The summed E-state index contributed by atoms with van der Waals surface area (Å²) < 4.78 is -0.439. The quantitative estimate of drug-likeness (QED) is 0.107. The molecule has 0 aliphatic rings. The third-order valence-corrected chi connectivity index (χ3v) is 5.81. The second-order valence-electron chi connectivity index (χ2n) is 9.01. The topological polar surface area (TPSA) is 112 Å². The number of carbonyl (C=O) groups is 3. The molecule has 0 aromatic heterocycles. The number of hydrogen-bond acceptors (Lipinski definition) is 3. The van der Waals surface area contributed by atoms with Crippen LogP contribution >= 0.6 is 0 Å². The Kier molecular flexibility index (Phi) is 18.6. The molecule has 0 rings (SSSR count). The molecule has 0 saturated carbocycles. The van der Waals surface area contributed by atoms with Crippen molar-refractivity contribution in [3.8, 4) is 0 Å². The van der Waals surface area contributed by atoms with Crippen LogP contribution in [0.25, 0.3) is 0 Å². The third-order valence-electron chi connectivity index (χ3n) is 5.81. The van der Waals surface area contributed by atoms with Gasteiger partial charge in [0.15, 0.2) is 19.6 Å². The van der Waals surface area contributed by atoms with Crippen molar-refractivity contribution in [3.05, 3.63) is 12.2 Å². The van der Waals surface area contributed by atoms with Gasteiger partial charge in [-0.15, -0.1) is 0 Å². The molecule has 0 aromatic carbocycles. The van der Waals surface area contributed by atoms with E-state index in [2.05, 4.69) is 19.1 Å². The van der Waals surface area contributed by atoms with Crippen LogP contribution in [0.3, 0.4) is 0 Å². The van der Waals surface area contributed by atoms with Crippen molar-refractivity contribution in [2.45, 2.75) is 103 Å². The van der Waals surface area contributed by atoms with Gasteiger partial charge in [0, 0.05) is 0 Å². The van der Waals surface area contributed by atoms with Gasteiger partial charge in [-0.1, -0.05) is 76.9 Å². The van der Waals surface area contributed by atoms with Gasteiger partial charge in [-0.05, 0) is 38.5 Å². The molecule has 0 aliphatic heterocycles. The number of carboxylic acids is 3. The van der Waals surface area contributed by atoms with E-state index in [9.17, 15) is 14.4 Å². The van der Waals surface area contributed by atoms with Gasteiger partial charge in [0.25, 0.3) is 0 Å². The molecule has 0 saturated heterocycles. The molecule has 32 heavy (non-hydrogen) atoms. The Morgan fingerprint density at radius 3 is 1.28 bits per heavy atom. The zero-order valence-electron chi connectivity index (χ0n) is 20.1. The van der Waals surface area contributed by atoms with Crippen molar-refractivity contribution in [2.24, 2.45) is 0 Å². The van der Waals surface area contributed by atoms with Crippen molar-refractivity contribution >= 4 is 17.9 Å². The first-order valence-electron chi connectivity index (χ1n) is 12.5. The summed E-state index contributed by atoms with van der Waals surface area (Å²) in [4.78, 5) is 33.5. The van der Waals surface area contributed by atoms with Crippen LogP contribution in [0.5, 0.6) is 0 Å². The van der Waals surface area contributed by atoms with Crippen molar-refractivity contribution < 1.29 is 34.2 Å². The zero-order chi connectivity index (χ0) is 24.1. The molecule has 0 fully saturated rings. The molecule has 0 aromatic rings. The highest BCUT2D eigenvalue weighted by Crippen LogP contribution is 2.14. The molecular weight excluding hydrogens is 410 g/mol. The van der Waals surface area contributed by atoms with Crippen LogP contribution in [0.4, 0.5) is 0 Å². The van der Waals surface area contributed by atoms with Crippen LogP contribution in [0.1, 0.15) is 103 Å². The number of rotatable bonds is 23. The number of allylic oxidation sites excluding steroid dienone is 2. The first-order valence-corrected chi connectivity index (χ1v) is 12.5. The van der Waals surface area contributed by atoms with E-state index in [4.69, 9.17) is 15.3 Å².